The van der Waals surface area contributed by atoms with Gasteiger partial charge in [0.2, 0.25) is 0 Å². The molecule has 22 heavy (non-hydrogen) atoms. The zero-order chi connectivity index (χ0) is 15.4. The Balaban J connectivity index is 1.68. The van der Waals surface area contributed by atoms with Crippen LogP contribution in [0.4, 0.5) is 0 Å². The molecule has 0 atom stereocenters. The lowest BCUT2D eigenvalue weighted by Gasteiger charge is -2.02. The van der Waals surface area contributed by atoms with Gasteiger partial charge in [0.05, 0.1) is 18.4 Å². The third-order valence-corrected chi connectivity index (χ3v) is 3.52. The van der Waals surface area contributed by atoms with E-state index >= 15 is 0 Å². The number of imidazole rings is 1. The number of halogens is 1. The van der Waals surface area contributed by atoms with Crippen molar-refractivity contribution in [1.82, 2.24) is 14.5 Å². The lowest BCUT2D eigenvalue weighted by Crippen LogP contribution is -2.04. The van der Waals surface area contributed by atoms with Gasteiger partial charge in [-0.05, 0) is 29.8 Å². The first-order chi connectivity index (χ1) is 10.7. The fraction of sp³-hybridized carbons (Fsp3) is 0.118. The summed E-state index contributed by atoms with van der Waals surface area (Å²) in [4.78, 5) is 20.3. The molecule has 0 unspecified atom stereocenters. The smallest absolute Gasteiger partial charge is 0.168 e. The molecule has 4 nitrogen and oxygen atoms in total. The molecular weight excluding hydrogens is 298 g/mol. The van der Waals surface area contributed by atoms with E-state index in [0.717, 1.165) is 11.3 Å². The normalized spacial score (nSPS) is 10.6. The SMILES string of the molecule is O=C(Cc1cn(Cc2cccc(Cl)c2)cn1)c1ccncc1. The predicted molar refractivity (Wildman–Crippen MR) is 85.1 cm³/mol. The molecule has 3 rings (SSSR count). The fourth-order valence-electron chi connectivity index (χ4n) is 2.23. The molecule has 0 aliphatic carbocycles. The van der Waals surface area contributed by atoms with Crippen LogP contribution < -0.4 is 0 Å². The van der Waals surface area contributed by atoms with Crippen molar-refractivity contribution in [1.29, 1.82) is 0 Å². The number of aromatic nitrogens is 3. The van der Waals surface area contributed by atoms with E-state index in [4.69, 9.17) is 11.6 Å². The number of carbonyl (C=O) groups excluding carboxylic acids is 1. The van der Waals surface area contributed by atoms with E-state index in [2.05, 4.69) is 9.97 Å². The summed E-state index contributed by atoms with van der Waals surface area (Å²) in [6, 6.07) is 11.1. The number of nitrogens with zero attached hydrogens (tertiary/aromatic N) is 3. The van der Waals surface area contributed by atoms with Crippen molar-refractivity contribution < 1.29 is 4.79 Å². The van der Waals surface area contributed by atoms with E-state index in [1.54, 1.807) is 30.9 Å². The van der Waals surface area contributed by atoms with Crippen molar-refractivity contribution in [2.24, 2.45) is 0 Å². The van der Waals surface area contributed by atoms with Crippen LogP contribution in [-0.2, 0) is 13.0 Å². The van der Waals surface area contributed by atoms with Gasteiger partial charge in [-0.1, -0.05) is 23.7 Å². The molecule has 0 saturated carbocycles. The summed E-state index contributed by atoms with van der Waals surface area (Å²) < 4.78 is 1.95. The largest absolute Gasteiger partial charge is 0.333 e. The van der Waals surface area contributed by atoms with E-state index in [1.165, 1.54) is 0 Å². The maximum absolute atomic E-state index is 12.1. The van der Waals surface area contributed by atoms with E-state index < -0.39 is 0 Å². The second-order valence-corrected chi connectivity index (χ2v) is 5.44. The molecule has 5 heteroatoms. The molecule has 3 aromatic rings. The molecule has 2 heterocycles. The topological polar surface area (TPSA) is 47.8 Å². The molecule has 2 aromatic heterocycles. The summed E-state index contributed by atoms with van der Waals surface area (Å²) in [5.41, 5.74) is 2.50. The molecule has 0 spiro atoms. The van der Waals surface area contributed by atoms with Gasteiger partial charge in [-0.3, -0.25) is 9.78 Å². The third kappa shape index (κ3) is 3.59. The second-order valence-electron chi connectivity index (χ2n) is 5.00. The summed E-state index contributed by atoms with van der Waals surface area (Å²) >= 11 is 5.98. The highest BCUT2D eigenvalue weighted by Gasteiger charge is 2.09. The highest BCUT2D eigenvalue weighted by molar-refractivity contribution is 6.30. The predicted octanol–water partition coefficient (Wildman–Crippen LogP) is 3.41. The standard InChI is InChI=1S/C17H14ClN3O/c18-15-3-1-2-13(8-15)10-21-11-16(20-12-21)9-17(22)14-4-6-19-7-5-14/h1-8,11-12H,9-10H2. The van der Waals surface area contributed by atoms with E-state index in [9.17, 15) is 4.79 Å². The zero-order valence-electron chi connectivity index (χ0n) is 11.8. The van der Waals surface area contributed by atoms with Crippen LogP contribution in [0, 0.1) is 0 Å². The van der Waals surface area contributed by atoms with Crippen molar-refractivity contribution in [2.45, 2.75) is 13.0 Å². The van der Waals surface area contributed by atoms with E-state index in [1.807, 2.05) is 35.0 Å². The van der Waals surface area contributed by atoms with E-state index in [0.29, 0.717) is 17.1 Å². The molecule has 0 amide bonds. The van der Waals surface area contributed by atoms with Crippen LogP contribution in [0.25, 0.3) is 0 Å². The molecule has 0 fully saturated rings. The fourth-order valence-corrected chi connectivity index (χ4v) is 2.45. The van der Waals surface area contributed by atoms with Crippen LogP contribution >= 0.6 is 11.6 Å². The Kier molecular flexibility index (Phi) is 4.30. The number of rotatable bonds is 5. The molecule has 0 N–H and O–H groups in total. The van der Waals surface area contributed by atoms with Crippen LogP contribution in [0.1, 0.15) is 21.6 Å². The number of pyridine rings is 1. The minimum Gasteiger partial charge on any atom is -0.333 e. The number of benzene rings is 1. The van der Waals surface area contributed by atoms with Crippen molar-refractivity contribution in [3.05, 3.63) is 83.2 Å². The Morgan fingerprint density at radius 2 is 2.00 bits per heavy atom. The molecule has 110 valence electrons. The minimum atomic E-state index is 0.0374. The van der Waals surface area contributed by atoms with Gasteiger partial charge in [-0.25, -0.2) is 4.98 Å². The molecule has 0 aliphatic rings. The number of carbonyl (C=O) groups is 1. The Labute approximate surface area is 133 Å². The summed E-state index contributed by atoms with van der Waals surface area (Å²) in [5, 5.41) is 0.714. The number of ketones is 1. The van der Waals surface area contributed by atoms with Crippen molar-refractivity contribution in [3.63, 3.8) is 0 Å². The number of hydrogen-bond acceptors (Lipinski definition) is 3. The number of Topliss-reactive ketones (excluding diaryl/α,β-unsaturated/α-hetero) is 1. The second kappa shape index (κ2) is 6.54. The maximum atomic E-state index is 12.1. The highest BCUT2D eigenvalue weighted by atomic mass is 35.5. The lowest BCUT2D eigenvalue weighted by atomic mass is 10.1. The lowest BCUT2D eigenvalue weighted by molar-refractivity contribution is 0.0992. The molecule has 0 aliphatic heterocycles. The average molecular weight is 312 g/mol. The van der Waals surface area contributed by atoms with Gasteiger partial charge in [0.25, 0.3) is 0 Å². The van der Waals surface area contributed by atoms with Crippen LogP contribution in [0.2, 0.25) is 5.02 Å². The quantitative estimate of drug-likeness (QED) is 0.678. The summed E-state index contributed by atoms with van der Waals surface area (Å²) in [6.07, 6.45) is 7.14. The van der Waals surface area contributed by atoms with Gasteiger partial charge in [0.15, 0.2) is 5.78 Å². The van der Waals surface area contributed by atoms with E-state index in [-0.39, 0.29) is 12.2 Å². The summed E-state index contributed by atoms with van der Waals surface area (Å²) in [5.74, 6) is 0.0374. The van der Waals surface area contributed by atoms with Gasteiger partial charge >= 0.3 is 0 Å². The molecular formula is C17H14ClN3O. The van der Waals surface area contributed by atoms with Crippen LogP contribution in [0.15, 0.2) is 61.3 Å². The van der Waals surface area contributed by atoms with Crippen LogP contribution in [0.5, 0.6) is 0 Å². The van der Waals surface area contributed by atoms with Crippen LogP contribution in [0.3, 0.4) is 0 Å². The van der Waals surface area contributed by atoms with Gasteiger partial charge in [-0.15, -0.1) is 0 Å². The van der Waals surface area contributed by atoms with Crippen LogP contribution in [-0.4, -0.2) is 20.3 Å². The van der Waals surface area contributed by atoms with Gasteiger partial charge in [0.1, 0.15) is 0 Å². The Morgan fingerprint density at radius 1 is 1.18 bits per heavy atom. The third-order valence-electron chi connectivity index (χ3n) is 3.28. The zero-order valence-corrected chi connectivity index (χ0v) is 12.6. The monoisotopic (exact) mass is 311 g/mol. The van der Waals surface area contributed by atoms with Crippen molar-refractivity contribution >= 4 is 17.4 Å². The van der Waals surface area contributed by atoms with Crippen molar-refractivity contribution in [3.8, 4) is 0 Å². The summed E-state index contributed by atoms with van der Waals surface area (Å²) in [6.45, 7) is 0.678. The molecule has 0 radical (unpaired) electrons. The first-order valence-electron chi connectivity index (χ1n) is 6.89. The first-order valence-corrected chi connectivity index (χ1v) is 7.27. The Morgan fingerprint density at radius 3 is 2.77 bits per heavy atom. The molecule has 1 aromatic carbocycles. The number of hydrogen-bond donors (Lipinski definition) is 0. The van der Waals surface area contributed by atoms with Crippen molar-refractivity contribution in [2.75, 3.05) is 0 Å². The van der Waals surface area contributed by atoms with Gasteiger partial charge in [-0.2, -0.15) is 0 Å². The van der Waals surface area contributed by atoms with Gasteiger partial charge < -0.3 is 4.57 Å². The minimum absolute atomic E-state index is 0.0374. The Hall–Kier alpha value is -2.46. The maximum Gasteiger partial charge on any atom is 0.168 e. The first kappa shape index (κ1) is 14.5. The van der Waals surface area contributed by atoms with Gasteiger partial charge in [0, 0.05) is 35.7 Å². The molecule has 0 bridgehead atoms. The highest BCUT2D eigenvalue weighted by Crippen LogP contribution is 2.12. The summed E-state index contributed by atoms with van der Waals surface area (Å²) in [7, 11) is 0. The Bertz CT molecular complexity index is 783. The average Bonchev–Trinajstić information content (AvgIpc) is 2.95. The molecule has 0 saturated heterocycles.